The van der Waals surface area contributed by atoms with Crippen LogP contribution in [-0.4, -0.2) is 40.7 Å². The van der Waals surface area contributed by atoms with Crippen molar-refractivity contribution in [2.24, 2.45) is 5.41 Å². The van der Waals surface area contributed by atoms with Crippen molar-refractivity contribution in [3.05, 3.63) is 20.7 Å². The fourth-order valence-electron chi connectivity index (χ4n) is 1.66. The van der Waals surface area contributed by atoms with E-state index in [9.17, 15) is 0 Å². The molecule has 0 aliphatic heterocycles. The fourth-order valence-corrected chi connectivity index (χ4v) is 2.93. The maximum atomic E-state index is 7.50. The van der Waals surface area contributed by atoms with Crippen molar-refractivity contribution >= 4 is 40.7 Å². The van der Waals surface area contributed by atoms with Crippen molar-refractivity contribution < 1.29 is 48.6 Å². The standard InChI is InChI=1S/C11H17.6CO.Mo/c1-8-6-7-11(4,5)10(3)9(8)2;6*1-2;/h7H2,1-5H3;;;;;;;. The van der Waals surface area contributed by atoms with Gasteiger partial charge >= 0.3 is 87.0 Å². The molecule has 0 saturated heterocycles. The molecule has 1 rings (SSSR count). The summed E-state index contributed by atoms with van der Waals surface area (Å²) in [4.78, 5) is 45.0. The van der Waals surface area contributed by atoms with E-state index in [0.717, 1.165) is 0 Å². The molecule has 0 unspecified atom stereocenters. The fraction of sp³-hybridized carbons (Fsp3) is 0.412. The van der Waals surface area contributed by atoms with Crippen LogP contribution < -0.4 is 0 Å². The Kier molecular flexibility index (Phi) is 46.3. The molecule has 12 radical (unpaired) electrons. The first-order valence-corrected chi connectivity index (χ1v) is 6.64. The summed E-state index contributed by atoms with van der Waals surface area (Å²) in [6.07, 6.45) is 1.23. The van der Waals surface area contributed by atoms with Gasteiger partial charge in [-0.15, -0.1) is 0 Å². The maximum absolute atomic E-state index is 7.50. The first kappa shape index (κ1) is 38.0. The van der Waals surface area contributed by atoms with Gasteiger partial charge in [0.2, 0.25) is 0 Å². The van der Waals surface area contributed by atoms with Crippen LogP contribution in [0.2, 0.25) is 0 Å². The summed E-state index contributed by atoms with van der Waals surface area (Å²) in [5.74, 6) is 0. The van der Waals surface area contributed by atoms with Crippen molar-refractivity contribution in [2.45, 2.75) is 41.0 Å². The Morgan fingerprint density at radius 3 is 1.17 bits per heavy atom. The van der Waals surface area contributed by atoms with Crippen LogP contribution in [0.4, 0.5) is 0 Å². The molecule has 0 aromatic heterocycles. The van der Waals surface area contributed by atoms with Crippen LogP contribution in [0.1, 0.15) is 41.0 Å². The van der Waals surface area contributed by atoms with Crippen molar-refractivity contribution in [1.29, 1.82) is 0 Å². The van der Waals surface area contributed by atoms with Crippen LogP contribution in [0, 0.1) is 5.41 Å². The third kappa shape index (κ3) is 16.6. The molecule has 0 heterocycles. The molecule has 24 heavy (non-hydrogen) atoms. The molecule has 0 amide bonds. The first-order chi connectivity index (χ1) is 11.4. The van der Waals surface area contributed by atoms with E-state index in [2.05, 4.69) is 95.2 Å². The summed E-state index contributed by atoms with van der Waals surface area (Å²) in [5.41, 5.74) is 4.96. The van der Waals surface area contributed by atoms with Gasteiger partial charge in [-0.05, 0) is 0 Å². The van der Waals surface area contributed by atoms with Gasteiger partial charge in [0.05, 0.1) is 0 Å². The number of allylic oxidation sites excluding steroid dienone is 4. The van der Waals surface area contributed by atoms with E-state index in [0.29, 0.717) is 5.41 Å². The second kappa shape index (κ2) is 29.2. The van der Waals surface area contributed by atoms with Gasteiger partial charge in [-0.2, -0.15) is 0 Å². The number of carbonyl (C=O) groups excluding carboxylic acids is 6. The monoisotopic (exact) mass is 415 g/mol. The normalized spacial score (nSPS) is 12.7. The third-order valence-electron chi connectivity index (χ3n) is 3.16. The van der Waals surface area contributed by atoms with Crippen LogP contribution in [0.3, 0.4) is 0 Å². The van der Waals surface area contributed by atoms with Gasteiger partial charge in [0, 0.05) is 0 Å². The van der Waals surface area contributed by atoms with Crippen LogP contribution in [0.25, 0.3) is 0 Å². The molecule has 127 valence electrons. The summed E-state index contributed by atoms with van der Waals surface area (Å²) in [5, 5.41) is 0. The van der Waals surface area contributed by atoms with E-state index in [1.54, 1.807) is 9.54 Å². The van der Waals surface area contributed by atoms with Gasteiger partial charge in [-0.25, -0.2) is 0 Å². The van der Waals surface area contributed by atoms with Crippen molar-refractivity contribution in [2.75, 3.05) is 0 Å². The zero-order valence-corrected chi connectivity index (χ0v) is 16.1. The quantitative estimate of drug-likeness (QED) is 0.553. The Balaban J connectivity index is -0.0000000573. The van der Waals surface area contributed by atoms with Crippen molar-refractivity contribution in [3.63, 3.8) is 0 Å². The molecular formula is C17H17MoO6. The van der Waals surface area contributed by atoms with Crippen molar-refractivity contribution in [3.8, 4) is 0 Å². The predicted octanol–water partition coefficient (Wildman–Crippen LogP) is 1.19. The predicted molar refractivity (Wildman–Crippen MR) is 83.6 cm³/mol. The molecule has 0 N–H and O–H groups in total. The molecule has 0 saturated carbocycles. The summed E-state index contributed by atoms with van der Waals surface area (Å²) < 4.78 is 1.57. The van der Waals surface area contributed by atoms with Crippen LogP contribution >= 0.6 is 0 Å². The Morgan fingerprint density at radius 2 is 0.917 bits per heavy atom. The summed E-state index contributed by atoms with van der Waals surface area (Å²) in [6.45, 7) is 38.4. The SMILES string of the molecule is CC1=[C]([Mo])CC(C)(C)C(C)=C1C.[C]=O.[C]=O.[C]=O.[C]=O.[C]=O.[C]=O. The largest absolute Gasteiger partial charge is 0.281 e. The minimum absolute atomic E-state index is 0.385. The van der Waals surface area contributed by atoms with E-state index in [4.69, 9.17) is 28.8 Å². The van der Waals surface area contributed by atoms with Gasteiger partial charge in [-0.3, -0.25) is 28.8 Å². The van der Waals surface area contributed by atoms with E-state index in [1.807, 2.05) is 0 Å². The Bertz CT molecular complexity index is 349. The molecule has 0 fully saturated rings. The number of rotatable bonds is 0. The van der Waals surface area contributed by atoms with Gasteiger partial charge in [0.15, 0.2) is 0 Å². The molecule has 7 heteroatoms. The molecule has 0 bridgehead atoms. The van der Waals surface area contributed by atoms with Gasteiger partial charge in [-0.1, -0.05) is 0 Å². The molecule has 6 nitrogen and oxygen atoms in total. The van der Waals surface area contributed by atoms with Gasteiger partial charge < -0.3 is 0 Å². The van der Waals surface area contributed by atoms with Crippen molar-refractivity contribution in [1.82, 2.24) is 0 Å². The third-order valence-corrected chi connectivity index (χ3v) is 4.27. The van der Waals surface area contributed by atoms with E-state index in [1.165, 1.54) is 17.6 Å². The van der Waals surface area contributed by atoms with Crippen LogP contribution in [0.5, 0.6) is 0 Å². The number of hydrogen-bond donors (Lipinski definition) is 0. The second-order valence-corrected chi connectivity index (χ2v) is 5.57. The molecule has 1 aliphatic carbocycles. The minimum atomic E-state index is 0.385. The van der Waals surface area contributed by atoms with E-state index < -0.39 is 0 Å². The Hall–Kier alpha value is -1.81. The molecule has 0 aromatic carbocycles. The zero-order valence-electron chi connectivity index (χ0n) is 14.1. The summed E-state index contributed by atoms with van der Waals surface area (Å²) in [6, 6.07) is 0. The molecule has 0 atom stereocenters. The Labute approximate surface area is 156 Å². The maximum Gasteiger partial charge on any atom is 0.281 e. The van der Waals surface area contributed by atoms with Gasteiger partial charge in [0.25, 0.3) is 40.7 Å². The first-order valence-electron chi connectivity index (χ1n) is 5.64. The minimum Gasteiger partial charge on any atom is -0.281 e. The molecule has 0 spiro atoms. The van der Waals surface area contributed by atoms with Crippen LogP contribution in [0.15, 0.2) is 20.7 Å². The smallest absolute Gasteiger partial charge is 0.281 e. The molecule has 1 aliphatic rings. The van der Waals surface area contributed by atoms with Crippen LogP contribution in [-0.2, 0) is 48.6 Å². The van der Waals surface area contributed by atoms with Gasteiger partial charge in [0.1, 0.15) is 0 Å². The Morgan fingerprint density at radius 1 is 0.667 bits per heavy atom. The molecule has 0 aromatic rings. The zero-order chi connectivity index (χ0) is 21.5. The van der Waals surface area contributed by atoms with E-state index in [-0.39, 0.29) is 0 Å². The second-order valence-electron chi connectivity index (χ2n) is 4.36. The number of hydrogen-bond acceptors (Lipinski definition) is 6. The average Bonchev–Trinajstić information content (AvgIpc) is 2.68. The van der Waals surface area contributed by atoms with E-state index >= 15 is 0 Å². The summed E-state index contributed by atoms with van der Waals surface area (Å²) in [7, 11) is 0. The topological polar surface area (TPSA) is 102 Å². The average molecular weight is 413 g/mol. The summed E-state index contributed by atoms with van der Waals surface area (Å²) >= 11 is 2.18. The molecular weight excluding hydrogens is 396 g/mol.